The van der Waals surface area contributed by atoms with Crippen molar-refractivity contribution < 1.29 is 22.5 Å². The van der Waals surface area contributed by atoms with Gasteiger partial charge in [0.1, 0.15) is 0 Å². The smallest absolute Gasteiger partial charge is 0.374 e. The molecular weight excluding hydrogens is 250 g/mol. The molecular formula is C8H11N3O5S. The highest BCUT2D eigenvalue weighted by Gasteiger charge is 2.19. The maximum atomic E-state index is 11.2. The Bertz CT molecular complexity index is 516. The molecule has 0 amide bonds. The lowest BCUT2D eigenvalue weighted by molar-refractivity contribution is 0.0600. The lowest BCUT2D eigenvalue weighted by atomic mass is 10.2. The Balaban J connectivity index is 3.19. The summed E-state index contributed by atoms with van der Waals surface area (Å²) in [6.45, 7) is 0. The Morgan fingerprint density at radius 1 is 1.53 bits per heavy atom. The van der Waals surface area contributed by atoms with Crippen molar-refractivity contribution in [2.45, 2.75) is 0 Å². The average Bonchev–Trinajstić information content (AvgIpc) is 2.27. The number of hydrogen-bond acceptors (Lipinski definition) is 6. The zero-order chi connectivity index (χ0) is 13.1. The molecule has 8 nitrogen and oxygen atoms in total. The van der Waals surface area contributed by atoms with Gasteiger partial charge in [-0.15, -0.1) is 0 Å². The van der Waals surface area contributed by atoms with E-state index in [4.69, 9.17) is 10.4 Å². The Labute approximate surface area is 97.8 Å². The number of carbonyl (C=O) groups excluding carboxylic acids is 1. The second kappa shape index (κ2) is 5.10. The highest BCUT2D eigenvalue weighted by Crippen LogP contribution is 2.17. The first-order chi connectivity index (χ1) is 7.90. The summed E-state index contributed by atoms with van der Waals surface area (Å²) in [5.74, 6) is 4.33. The summed E-state index contributed by atoms with van der Waals surface area (Å²) < 4.78 is 35.5. The molecule has 1 aromatic rings. The van der Waals surface area contributed by atoms with Gasteiger partial charge in [-0.2, -0.15) is 18.4 Å². The molecule has 0 aromatic heterocycles. The third kappa shape index (κ3) is 3.14. The van der Waals surface area contributed by atoms with Gasteiger partial charge in [0.15, 0.2) is 0 Å². The summed E-state index contributed by atoms with van der Waals surface area (Å²) in [6.07, 6.45) is 0. The van der Waals surface area contributed by atoms with Crippen molar-refractivity contribution in [1.29, 1.82) is 0 Å². The minimum atomic E-state index is -4.57. The first kappa shape index (κ1) is 13.4. The third-order valence-electron chi connectivity index (χ3n) is 1.85. The number of benzene rings is 1. The van der Waals surface area contributed by atoms with Crippen LogP contribution in [0.2, 0.25) is 0 Å². The van der Waals surface area contributed by atoms with Crippen LogP contribution in [0.4, 0.5) is 5.69 Å². The molecule has 0 heterocycles. The third-order valence-corrected chi connectivity index (χ3v) is 2.63. The van der Waals surface area contributed by atoms with E-state index < -0.39 is 16.3 Å². The van der Waals surface area contributed by atoms with Gasteiger partial charge in [-0.3, -0.25) is 10.4 Å². The van der Waals surface area contributed by atoms with Crippen LogP contribution < -0.4 is 15.8 Å². The standard InChI is InChI=1S/C8H11N3O5S/c1-16-8(12)6-3-2-4-7(5-6)11(10-9)17(13,14)15/h2-5,10H,9H2,1H3,(H,13,14,15). The van der Waals surface area contributed by atoms with Crippen LogP contribution in [0.1, 0.15) is 10.4 Å². The molecule has 0 aliphatic carbocycles. The van der Waals surface area contributed by atoms with Crippen molar-refractivity contribution in [2.75, 3.05) is 11.5 Å². The summed E-state index contributed by atoms with van der Waals surface area (Å²) in [7, 11) is -3.38. The molecule has 4 N–H and O–H groups in total. The molecule has 0 saturated carbocycles. The number of rotatable bonds is 4. The fourth-order valence-electron chi connectivity index (χ4n) is 1.15. The van der Waals surface area contributed by atoms with Crippen molar-refractivity contribution in [2.24, 2.45) is 5.84 Å². The number of ether oxygens (including phenoxy) is 1. The zero-order valence-corrected chi connectivity index (χ0v) is 9.64. The Morgan fingerprint density at radius 2 is 2.18 bits per heavy atom. The van der Waals surface area contributed by atoms with Crippen LogP contribution in [-0.2, 0) is 15.0 Å². The first-order valence-corrected chi connectivity index (χ1v) is 5.72. The highest BCUT2D eigenvalue weighted by atomic mass is 32.2. The van der Waals surface area contributed by atoms with Crippen LogP contribution in [-0.4, -0.2) is 26.0 Å². The van der Waals surface area contributed by atoms with Gasteiger partial charge in [0.2, 0.25) is 0 Å². The Morgan fingerprint density at radius 3 is 2.65 bits per heavy atom. The van der Waals surface area contributed by atoms with E-state index in [9.17, 15) is 13.2 Å². The van der Waals surface area contributed by atoms with Gasteiger partial charge in [0, 0.05) is 0 Å². The van der Waals surface area contributed by atoms with Crippen LogP contribution in [0.25, 0.3) is 0 Å². The lowest BCUT2D eigenvalue weighted by Crippen LogP contribution is -2.46. The van der Waals surface area contributed by atoms with Gasteiger partial charge in [-0.05, 0) is 18.2 Å². The number of hydrogen-bond donors (Lipinski definition) is 3. The topological polar surface area (TPSA) is 122 Å². The van der Waals surface area contributed by atoms with Crippen molar-refractivity contribution in [3.05, 3.63) is 29.8 Å². The second-order valence-electron chi connectivity index (χ2n) is 2.91. The second-order valence-corrected chi connectivity index (χ2v) is 4.17. The number of nitrogens with one attached hydrogen (secondary N) is 1. The molecule has 0 aliphatic rings. The molecule has 0 unspecified atom stereocenters. The van der Waals surface area contributed by atoms with E-state index in [0.29, 0.717) is 4.41 Å². The normalized spacial score (nSPS) is 11.0. The number of methoxy groups -OCH3 is 1. The van der Waals surface area contributed by atoms with Gasteiger partial charge >= 0.3 is 16.3 Å². The SMILES string of the molecule is COC(=O)c1cccc(N(NN)S(=O)(=O)O)c1. The van der Waals surface area contributed by atoms with E-state index in [1.807, 2.05) is 0 Å². The summed E-state index contributed by atoms with van der Waals surface area (Å²) in [5.41, 5.74) is 1.88. The van der Waals surface area contributed by atoms with Gasteiger partial charge in [-0.1, -0.05) is 6.07 Å². The molecule has 0 bridgehead atoms. The molecule has 1 aromatic carbocycles. The van der Waals surface area contributed by atoms with E-state index in [0.717, 1.165) is 0 Å². The van der Waals surface area contributed by atoms with E-state index in [1.54, 1.807) is 5.53 Å². The number of nitrogens with zero attached hydrogens (tertiary/aromatic N) is 1. The number of anilines is 1. The molecule has 0 radical (unpaired) electrons. The minimum Gasteiger partial charge on any atom is -0.465 e. The maximum Gasteiger partial charge on any atom is 0.374 e. The van der Waals surface area contributed by atoms with Crippen LogP contribution in [0, 0.1) is 0 Å². The predicted octanol–water partition coefficient (Wildman–Crippen LogP) is -0.539. The Kier molecular flexibility index (Phi) is 4.02. The first-order valence-electron chi connectivity index (χ1n) is 4.32. The van der Waals surface area contributed by atoms with Gasteiger partial charge < -0.3 is 4.74 Å². The van der Waals surface area contributed by atoms with Crippen molar-refractivity contribution in [1.82, 2.24) is 5.53 Å². The lowest BCUT2D eigenvalue weighted by Gasteiger charge is -2.18. The van der Waals surface area contributed by atoms with Crippen LogP contribution in [0.3, 0.4) is 0 Å². The van der Waals surface area contributed by atoms with Crippen molar-refractivity contribution in [3.8, 4) is 0 Å². The van der Waals surface area contributed by atoms with E-state index in [2.05, 4.69) is 4.74 Å². The largest absolute Gasteiger partial charge is 0.465 e. The van der Waals surface area contributed by atoms with Crippen molar-refractivity contribution in [3.63, 3.8) is 0 Å². The summed E-state index contributed by atoms with van der Waals surface area (Å²) in [6, 6.07) is 5.37. The predicted molar refractivity (Wildman–Crippen MR) is 59.1 cm³/mol. The molecule has 0 fully saturated rings. The number of hydrazine groups is 2. The van der Waals surface area contributed by atoms with Gasteiger partial charge in [-0.25, -0.2) is 4.79 Å². The van der Waals surface area contributed by atoms with Gasteiger partial charge in [0.05, 0.1) is 18.4 Å². The zero-order valence-electron chi connectivity index (χ0n) is 8.82. The molecule has 0 spiro atoms. The van der Waals surface area contributed by atoms with Crippen LogP contribution in [0.5, 0.6) is 0 Å². The summed E-state index contributed by atoms with van der Waals surface area (Å²) in [5, 5.41) is 0. The fourth-order valence-corrected chi connectivity index (χ4v) is 1.66. The molecule has 0 saturated heterocycles. The number of carbonyl (C=O) groups is 1. The summed E-state index contributed by atoms with van der Waals surface area (Å²) in [4.78, 5) is 11.2. The number of esters is 1. The van der Waals surface area contributed by atoms with E-state index in [-0.39, 0.29) is 11.3 Å². The molecule has 0 aliphatic heterocycles. The Hall–Kier alpha value is -1.68. The highest BCUT2D eigenvalue weighted by molar-refractivity contribution is 7.87. The molecule has 0 atom stereocenters. The number of nitrogens with two attached hydrogens (primary N) is 1. The molecule has 94 valence electrons. The average molecular weight is 261 g/mol. The van der Waals surface area contributed by atoms with Crippen LogP contribution >= 0.6 is 0 Å². The minimum absolute atomic E-state index is 0.0297. The monoisotopic (exact) mass is 261 g/mol. The molecule has 9 heteroatoms. The quantitative estimate of drug-likeness (QED) is 0.288. The van der Waals surface area contributed by atoms with Gasteiger partial charge in [0.25, 0.3) is 0 Å². The molecule has 1 rings (SSSR count). The van der Waals surface area contributed by atoms with E-state index in [1.165, 1.54) is 31.4 Å². The maximum absolute atomic E-state index is 11.2. The van der Waals surface area contributed by atoms with E-state index >= 15 is 0 Å². The van der Waals surface area contributed by atoms with Crippen molar-refractivity contribution >= 4 is 22.0 Å². The summed E-state index contributed by atoms with van der Waals surface area (Å²) >= 11 is 0. The molecule has 17 heavy (non-hydrogen) atoms. The fraction of sp³-hybridized carbons (Fsp3) is 0.125. The van der Waals surface area contributed by atoms with Crippen LogP contribution in [0.15, 0.2) is 24.3 Å².